The molecule has 0 spiro atoms. The molecule has 0 saturated heterocycles. The molecular weight excluding hydrogens is 400 g/mol. The quantitative estimate of drug-likeness (QED) is 0.627. The largest absolute Gasteiger partial charge is 0.497 e. The van der Waals surface area contributed by atoms with Gasteiger partial charge < -0.3 is 10.1 Å². The molecular formula is C20H25ClN2O4S. The zero-order chi connectivity index (χ0) is 20.7. The summed E-state index contributed by atoms with van der Waals surface area (Å²) in [6, 6.07) is 13.2. The minimum absolute atomic E-state index is 0.352. The van der Waals surface area contributed by atoms with Gasteiger partial charge >= 0.3 is 0 Å². The molecule has 0 aromatic heterocycles. The minimum Gasteiger partial charge on any atom is -0.497 e. The number of nitrogens with one attached hydrogen (secondary N) is 1. The van der Waals surface area contributed by atoms with Gasteiger partial charge in [-0.2, -0.15) is 0 Å². The monoisotopic (exact) mass is 424 g/mol. The number of hydrogen-bond donors (Lipinski definition) is 1. The van der Waals surface area contributed by atoms with E-state index in [0.717, 1.165) is 34.7 Å². The van der Waals surface area contributed by atoms with Crippen molar-refractivity contribution in [1.29, 1.82) is 0 Å². The molecule has 0 heterocycles. The zero-order valence-electron chi connectivity index (χ0n) is 16.2. The van der Waals surface area contributed by atoms with Crippen molar-refractivity contribution in [3.05, 3.63) is 59.1 Å². The van der Waals surface area contributed by atoms with E-state index < -0.39 is 16.1 Å². The Hall–Kier alpha value is -2.25. The lowest BCUT2D eigenvalue weighted by Crippen LogP contribution is -2.48. The molecule has 2 aromatic rings. The Morgan fingerprint density at radius 3 is 2.29 bits per heavy atom. The highest BCUT2D eigenvalue weighted by molar-refractivity contribution is 7.92. The van der Waals surface area contributed by atoms with Gasteiger partial charge in [0.1, 0.15) is 11.8 Å². The number of aryl methyl sites for hydroxylation is 1. The van der Waals surface area contributed by atoms with Crippen LogP contribution in [-0.4, -0.2) is 40.3 Å². The molecule has 6 nitrogen and oxygen atoms in total. The average molecular weight is 425 g/mol. The van der Waals surface area contributed by atoms with Crippen LogP contribution in [0.1, 0.15) is 18.9 Å². The van der Waals surface area contributed by atoms with Crippen LogP contribution in [0.3, 0.4) is 0 Å². The second kappa shape index (κ2) is 9.80. The molecule has 0 aliphatic carbocycles. The van der Waals surface area contributed by atoms with Crippen molar-refractivity contribution in [1.82, 2.24) is 5.32 Å². The number of halogens is 1. The Balaban J connectivity index is 1.94. The van der Waals surface area contributed by atoms with Gasteiger partial charge in [0.25, 0.3) is 0 Å². The standard InChI is InChI=1S/C20H25ClN2O4S/c1-15(23(28(3,25)26)18-10-8-17(21)9-11-18)20(24)22-14-4-5-16-6-12-19(27-2)13-7-16/h6-13,15H,4-5,14H2,1-3H3,(H,22,24). The van der Waals surface area contributed by atoms with Crippen LogP contribution < -0.4 is 14.4 Å². The highest BCUT2D eigenvalue weighted by Gasteiger charge is 2.28. The fraction of sp³-hybridized carbons (Fsp3) is 0.350. The summed E-state index contributed by atoms with van der Waals surface area (Å²) in [6.07, 6.45) is 2.62. The number of methoxy groups -OCH3 is 1. The molecule has 2 rings (SSSR count). The van der Waals surface area contributed by atoms with Gasteiger partial charge in [0, 0.05) is 11.6 Å². The van der Waals surface area contributed by atoms with Gasteiger partial charge in [-0.25, -0.2) is 8.42 Å². The molecule has 0 aliphatic heterocycles. The second-order valence-electron chi connectivity index (χ2n) is 6.45. The molecule has 1 unspecified atom stereocenters. The third-order valence-corrected chi connectivity index (χ3v) is 5.76. The van der Waals surface area contributed by atoms with Gasteiger partial charge in [0.05, 0.1) is 19.1 Å². The summed E-state index contributed by atoms with van der Waals surface area (Å²) in [6.45, 7) is 2.02. The first-order valence-corrected chi connectivity index (χ1v) is 11.1. The third-order valence-electron chi connectivity index (χ3n) is 4.27. The lowest BCUT2D eigenvalue weighted by atomic mass is 10.1. The minimum atomic E-state index is -3.64. The predicted molar refractivity (Wildman–Crippen MR) is 113 cm³/mol. The van der Waals surface area contributed by atoms with Gasteiger partial charge in [-0.1, -0.05) is 23.7 Å². The molecule has 152 valence electrons. The molecule has 1 amide bonds. The van der Waals surface area contributed by atoms with Crippen LogP contribution in [-0.2, 0) is 21.2 Å². The fourth-order valence-electron chi connectivity index (χ4n) is 2.84. The Kier molecular flexibility index (Phi) is 7.71. The number of hydrogen-bond acceptors (Lipinski definition) is 4. The van der Waals surface area contributed by atoms with Crippen LogP contribution in [0.15, 0.2) is 48.5 Å². The van der Waals surface area contributed by atoms with Gasteiger partial charge in [0.2, 0.25) is 15.9 Å². The Labute approximate surface area is 171 Å². The smallest absolute Gasteiger partial charge is 0.243 e. The summed E-state index contributed by atoms with van der Waals surface area (Å²) >= 11 is 5.87. The molecule has 0 saturated carbocycles. The number of benzene rings is 2. The summed E-state index contributed by atoms with van der Waals surface area (Å²) in [5, 5.41) is 3.31. The molecule has 0 fully saturated rings. The van der Waals surface area contributed by atoms with Crippen molar-refractivity contribution in [3.63, 3.8) is 0 Å². The first kappa shape index (κ1) is 22.0. The first-order chi connectivity index (χ1) is 13.2. The maximum absolute atomic E-state index is 12.5. The molecule has 28 heavy (non-hydrogen) atoms. The number of anilines is 1. The zero-order valence-corrected chi connectivity index (χ0v) is 17.8. The normalized spacial score (nSPS) is 12.3. The van der Waals surface area contributed by atoms with E-state index in [9.17, 15) is 13.2 Å². The number of ether oxygens (including phenoxy) is 1. The van der Waals surface area contributed by atoms with E-state index in [1.165, 1.54) is 0 Å². The van der Waals surface area contributed by atoms with Crippen LogP contribution in [0, 0.1) is 0 Å². The van der Waals surface area contributed by atoms with Crippen molar-refractivity contribution < 1.29 is 17.9 Å². The summed E-state index contributed by atoms with van der Waals surface area (Å²) < 4.78 is 30.7. The van der Waals surface area contributed by atoms with Crippen LogP contribution in [0.4, 0.5) is 5.69 Å². The number of carbonyl (C=O) groups is 1. The molecule has 0 bridgehead atoms. The van der Waals surface area contributed by atoms with Gasteiger partial charge in [-0.15, -0.1) is 0 Å². The van der Waals surface area contributed by atoms with E-state index in [1.807, 2.05) is 24.3 Å². The van der Waals surface area contributed by atoms with Gasteiger partial charge in [-0.05, 0) is 61.7 Å². The Bertz CT molecular complexity index is 883. The predicted octanol–water partition coefficient (Wildman–Crippen LogP) is 3.25. The molecule has 8 heteroatoms. The van der Waals surface area contributed by atoms with Crippen LogP contribution in [0.2, 0.25) is 5.02 Å². The number of carbonyl (C=O) groups excluding carboxylic acids is 1. The summed E-state index contributed by atoms with van der Waals surface area (Å²) in [7, 11) is -2.02. The summed E-state index contributed by atoms with van der Waals surface area (Å²) in [5.74, 6) is 0.448. The molecule has 1 atom stereocenters. The Morgan fingerprint density at radius 2 is 1.75 bits per heavy atom. The summed E-state index contributed by atoms with van der Waals surface area (Å²) in [5.41, 5.74) is 1.54. The van der Waals surface area contributed by atoms with Crippen molar-refractivity contribution in [3.8, 4) is 5.75 Å². The average Bonchev–Trinajstić information content (AvgIpc) is 2.66. The number of sulfonamides is 1. The van der Waals surface area contributed by atoms with E-state index in [-0.39, 0.29) is 5.91 Å². The summed E-state index contributed by atoms with van der Waals surface area (Å²) in [4.78, 5) is 12.5. The lowest BCUT2D eigenvalue weighted by Gasteiger charge is -2.28. The first-order valence-electron chi connectivity index (χ1n) is 8.88. The van der Waals surface area contributed by atoms with Crippen molar-refractivity contribution >= 4 is 33.2 Å². The van der Waals surface area contributed by atoms with Crippen molar-refractivity contribution in [2.24, 2.45) is 0 Å². The molecule has 0 radical (unpaired) electrons. The van der Waals surface area contributed by atoms with Gasteiger partial charge in [-0.3, -0.25) is 9.10 Å². The van der Waals surface area contributed by atoms with Crippen LogP contribution in [0.5, 0.6) is 5.75 Å². The number of rotatable bonds is 9. The molecule has 1 N–H and O–H groups in total. The van der Waals surface area contributed by atoms with Crippen LogP contribution >= 0.6 is 11.6 Å². The maximum atomic E-state index is 12.5. The SMILES string of the molecule is COc1ccc(CCCNC(=O)C(C)N(c2ccc(Cl)cc2)S(C)(=O)=O)cc1. The van der Waals surface area contributed by atoms with E-state index in [2.05, 4.69) is 5.32 Å². The third kappa shape index (κ3) is 6.14. The van der Waals surface area contributed by atoms with E-state index in [4.69, 9.17) is 16.3 Å². The molecule has 0 aliphatic rings. The van der Waals surface area contributed by atoms with Crippen LogP contribution in [0.25, 0.3) is 0 Å². The van der Waals surface area contributed by atoms with E-state index in [0.29, 0.717) is 17.3 Å². The van der Waals surface area contributed by atoms with E-state index in [1.54, 1.807) is 38.3 Å². The lowest BCUT2D eigenvalue weighted by molar-refractivity contribution is -0.121. The topological polar surface area (TPSA) is 75.7 Å². The van der Waals surface area contributed by atoms with Gasteiger partial charge in [0.15, 0.2) is 0 Å². The second-order valence-corrected chi connectivity index (χ2v) is 8.75. The van der Waals surface area contributed by atoms with Crippen molar-refractivity contribution in [2.75, 3.05) is 24.2 Å². The van der Waals surface area contributed by atoms with Crippen molar-refractivity contribution in [2.45, 2.75) is 25.8 Å². The highest BCUT2D eigenvalue weighted by Crippen LogP contribution is 2.23. The highest BCUT2D eigenvalue weighted by atomic mass is 35.5. The maximum Gasteiger partial charge on any atom is 0.243 e. The number of amides is 1. The van der Waals surface area contributed by atoms with E-state index >= 15 is 0 Å². The number of nitrogens with zero attached hydrogens (tertiary/aromatic N) is 1. The Morgan fingerprint density at radius 1 is 1.14 bits per heavy atom. The fourth-order valence-corrected chi connectivity index (χ4v) is 4.14. The molecule has 2 aromatic carbocycles.